The summed E-state index contributed by atoms with van der Waals surface area (Å²) in [4.78, 5) is 4.04. The van der Waals surface area contributed by atoms with E-state index in [1.807, 2.05) is 11.3 Å². The SMILES string of the molecule is CC1(C)CCN(Cc2sccc2Br)CCS1. The van der Waals surface area contributed by atoms with Crippen molar-refractivity contribution in [3.05, 3.63) is 20.8 Å². The molecule has 0 aliphatic carbocycles. The molecule has 0 bridgehead atoms. The van der Waals surface area contributed by atoms with Crippen molar-refractivity contribution < 1.29 is 0 Å². The summed E-state index contributed by atoms with van der Waals surface area (Å²) in [6.45, 7) is 8.28. The van der Waals surface area contributed by atoms with Gasteiger partial charge in [-0.2, -0.15) is 11.8 Å². The van der Waals surface area contributed by atoms with Crippen LogP contribution in [0, 0.1) is 0 Å². The van der Waals surface area contributed by atoms with Crippen LogP contribution in [-0.4, -0.2) is 28.5 Å². The van der Waals surface area contributed by atoms with Crippen molar-refractivity contribution in [3.63, 3.8) is 0 Å². The van der Waals surface area contributed by atoms with E-state index in [1.165, 1.54) is 34.6 Å². The standard InChI is InChI=1S/C12H18BrNS2/c1-12(2)4-5-14(6-8-16-12)9-11-10(13)3-7-15-11/h3,7H,4-6,8-9H2,1-2H3. The third-order valence-corrected chi connectivity index (χ3v) is 6.27. The number of hydrogen-bond acceptors (Lipinski definition) is 3. The van der Waals surface area contributed by atoms with Crippen LogP contribution >= 0.6 is 39.0 Å². The molecule has 1 aliphatic rings. The predicted molar refractivity (Wildman–Crippen MR) is 78.5 cm³/mol. The molecule has 0 atom stereocenters. The van der Waals surface area contributed by atoms with Gasteiger partial charge < -0.3 is 0 Å². The molecule has 1 aromatic rings. The molecule has 1 fully saturated rings. The normalized spacial score (nSPS) is 21.9. The Morgan fingerprint density at radius 3 is 2.94 bits per heavy atom. The van der Waals surface area contributed by atoms with E-state index in [1.54, 1.807) is 0 Å². The van der Waals surface area contributed by atoms with Gasteiger partial charge in [0.1, 0.15) is 0 Å². The van der Waals surface area contributed by atoms with E-state index in [9.17, 15) is 0 Å². The summed E-state index contributed by atoms with van der Waals surface area (Å²) >= 11 is 7.58. The lowest BCUT2D eigenvalue weighted by molar-refractivity contribution is 0.278. The Bertz CT molecular complexity index is 349. The molecule has 1 aromatic heterocycles. The van der Waals surface area contributed by atoms with E-state index in [-0.39, 0.29) is 0 Å². The topological polar surface area (TPSA) is 3.24 Å². The monoisotopic (exact) mass is 319 g/mol. The zero-order valence-corrected chi connectivity index (χ0v) is 13.1. The number of rotatable bonds is 2. The Hall–Kier alpha value is 0.490. The number of thioether (sulfide) groups is 1. The van der Waals surface area contributed by atoms with Gasteiger partial charge in [0.15, 0.2) is 0 Å². The fourth-order valence-electron chi connectivity index (χ4n) is 1.86. The van der Waals surface area contributed by atoms with Gasteiger partial charge in [0.2, 0.25) is 0 Å². The second-order valence-corrected chi connectivity index (χ2v) is 8.48. The summed E-state index contributed by atoms with van der Waals surface area (Å²) in [6, 6.07) is 2.15. The maximum absolute atomic E-state index is 3.61. The summed E-state index contributed by atoms with van der Waals surface area (Å²) in [6.07, 6.45) is 1.29. The molecule has 4 heteroatoms. The van der Waals surface area contributed by atoms with Gasteiger partial charge in [-0.05, 0) is 40.3 Å². The van der Waals surface area contributed by atoms with Gasteiger partial charge in [0.25, 0.3) is 0 Å². The van der Waals surface area contributed by atoms with E-state index in [2.05, 4.69) is 57.9 Å². The van der Waals surface area contributed by atoms with Crippen LogP contribution in [-0.2, 0) is 6.54 Å². The van der Waals surface area contributed by atoms with Crippen LogP contribution in [0.15, 0.2) is 15.9 Å². The Morgan fingerprint density at radius 2 is 2.25 bits per heavy atom. The van der Waals surface area contributed by atoms with E-state index >= 15 is 0 Å². The average molecular weight is 320 g/mol. The smallest absolute Gasteiger partial charge is 0.0339 e. The quantitative estimate of drug-likeness (QED) is 0.802. The van der Waals surface area contributed by atoms with Gasteiger partial charge in [-0.25, -0.2) is 0 Å². The minimum atomic E-state index is 0.460. The summed E-state index contributed by atoms with van der Waals surface area (Å²) in [7, 11) is 0. The van der Waals surface area contributed by atoms with Crippen molar-refractivity contribution in [1.82, 2.24) is 4.90 Å². The summed E-state index contributed by atoms with van der Waals surface area (Å²) in [5.41, 5.74) is 0. The van der Waals surface area contributed by atoms with Crippen LogP contribution < -0.4 is 0 Å². The lowest BCUT2D eigenvalue weighted by Gasteiger charge is -2.22. The first-order valence-electron chi connectivity index (χ1n) is 5.65. The van der Waals surface area contributed by atoms with Crippen molar-refractivity contribution in [2.75, 3.05) is 18.8 Å². The van der Waals surface area contributed by atoms with Crippen LogP contribution in [0.1, 0.15) is 25.1 Å². The molecule has 1 aliphatic heterocycles. The highest BCUT2D eigenvalue weighted by Gasteiger charge is 2.23. The number of hydrogen-bond donors (Lipinski definition) is 0. The molecule has 0 unspecified atom stereocenters. The molecule has 1 saturated heterocycles. The highest BCUT2D eigenvalue weighted by Crippen LogP contribution is 2.32. The van der Waals surface area contributed by atoms with Crippen LogP contribution in [0.25, 0.3) is 0 Å². The molecule has 0 saturated carbocycles. The van der Waals surface area contributed by atoms with E-state index in [0.717, 1.165) is 6.54 Å². The number of nitrogens with zero attached hydrogens (tertiary/aromatic N) is 1. The Morgan fingerprint density at radius 1 is 1.44 bits per heavy atom. The molecule has 0 aromatic carbocycles. The largest absolute Gasteiger partial charge is 0.297 e. The molecule has 2 rings (SSSR count). The first-order valence-corrected chi connectivity index (χ1v) is 8.31. The van der Waals surface area contributed by atoms with Crippen molar-refractivity contribution >= 4 is 39.0 Å². The van der Waals surface area contributed by atoms with E-state index in [0.29, 0.717) is 4.75 Å². The van der Waals surface area contributed by atoms with Crippen molar-refractivity contribution in [1.29, 1.82) is 0 Å². The lowest BCUT2D eigenvalue weighted by atomic mass is 10.1. The number of thiophene rings is 1. The van der Waals surface area contributed by atoms with E-state index in [4.69, 9.17) is 0 Å². The Kier molecular flexibility index (Phi) is 4.38. The molecule has 0 N–H and O–H groups in total. The molecule has 1 nitrogen and oxygen atoms in total. The zero-order valence-electron chi connectivity index (χ0n) is 9.83. The van der Waals surface area contributed by atoms with Gasteiger partial charge >= 0.3 is 0 Å². The number of halogens is 1. The molecular weight excluding hydrogens is 302 g/mol. The van der Waals surface area contributed by atoms with Crippen molar-refractivity contribution in [2.24, 2.45) is 0 Å². The zero-order chi connectivity index (χ0) is 11.6. The highest BCUT2D eigenvalue weighted by molar-refractivity contribution is 9.10. The van der Waals surface area contributed by atoms with Gasteiger partial charge in [0, 0.05) is 32.9 Å². The third-order valence-electron chi connectivity index (χ3n) is 2.99. The molecule has 2 heterocycles. The molecule has 90 valence electrons. The predicted octanol–water partition coefficient (Wildman–Crippen LogP) is 4.23. The molecule has 0 amide bonds. The Labute approximate surface area is 115 Å². The van der Waals surface area contributed by atoms with Crippen LogP contribution in [0.4, 0.5) is 0 Å². The molecule has 0 spiro atoms. The fraction of sp³-hybridized carbons (Fsp3) is 0.667. The van der Waals surface area contributed by atoms with Crippen molar-refractivity contribution in [3.8, 4) is 0 Å². The first kappa shape index (κ1) is 12.9. The summed E-state index contributed by atoms with van der Waals surface area (Å²) in [5, 5.41) is 2.16. The third kappa shape index (κ3) is 3.49. The summed E-state index contributed by atoms with van der Waals surface area (Å²) < 4.78 is 1.73. The van der Waals surface area contributed by atoms with Crippen molar-refractivity contribution in [2.45, 2.75) is 31.6 Å². The van der Waals surface area contributed by atoms with Gasteiger partial charge in [-0.1, -0.05) is 13.8 Å². The fourth-order valence-corrected chi connectivity index (χ4v) is 4.52. The molecular formula is C12H18BrNS2. The summed E-state index contributed by atoms with van der Waals surface area (Å²) in [5.74, 6) is 1.26. The molecule has 16 heavy (non-hydrogen) atoms. The second-order valence-electron chi connectivity index (χ2n) is 4.83. The highest BCUT2D eigenvalue weighted by atomic mass is 79.9. The van der Waals surface area contributed by atoms with Crippen LogP contribution in [0.2, 0.25) is 0 Å². The van der Waals surface area contributed by atoms with Crippen LogP contribution in [0.3, 0.4) is 0 Å². The average Bonchev–Trinajstić information content (AvgIpc) is 2.52. The lowest BCUT2D eigenvalue weighted by Crippen LogP contribution is -2.26. The van der Waals surface area contributed by atoms with Gasteiger partial charge in [-0.15, -0.1) is 11.3 Å². The Balaban J connectivity index is 1.94. The molecule has 0 radical (unpaired) electrons. The minimum absolute atomic E-state index is 0.460. The van der Waals surface area contributed by atoms with E-state index < -0.39 is 0 Å². The minimum Gasteiger partial charge on any atom is -0.297 e. The first-order chi connectivity index (χ1) is 7.57. The maximum atomic E-state index is 3.61. The second kappa shape index (κ2) is 5.42. The van der Waals surface area contributed by atoms with Crippen LogP contribution in [0.5, 0.6) is 0 Å². The maximum Gasteiger partial charge on any atom is 0.0339 e. The van der Waals surface area contributed by atoms with Gasteiger partial charge in [-0.3, -0.25) is 4.90 Å². The van der Waals surface area contributed by atoms with Gasteiger partial charge in [0.05, 0.1) is 0 Å².